The van der Waals surface area contributed by atoms with Gasteiger partial charge in [-0.2, -0.15) is 0 Å². The molecule has 0 atom stereocenters. The molecule has 98 valence electrons. The zero-order chi connectivity index (χ0) is 14.0. The van der Waals surface area contributed by atoms with E-state index in [-0.39, 0.29) is 5.91 Å². The fourth-order valence-corrected chi connectivity index (χ4v) is 2.01. The van der Waals surface area contributed by atoms with Gasteiger partial charge in [-0.05, 0) is 38.5 Å². The number of rotatable bonds is 2. The van der Waals surface area contributed by atoms with Crippen LogP contribution < -0.4 is 5.32 Å². The smallest absolute Gasteiger partial charge is 0.259 e. The third kappa shape index (κ3) is 2.90. The summed E-state index contributed by atoms with van der Waals surface area (Å²) in [5, 5.41) is 3.43. The van der Waals surface area contributed by atoms with E-state index in [1.807, 2.05) is 13.0 Å². The van der Waals surface area contributed by atoms with Gasteiger partial charge in [-0.1, -0.05) is 17.7 Å². The molecule has 0 aliphatic heterocycles. The van der Waals surface area contributed by atoms with Crippen molar-refractivity contribution in [1.29, 1.82) is 0 Å². The second kappa shape index (κ2) is 5.36. The molecule has 0 spiro atoms. The number of benzene rings is 1. The molecule has 0 bridgehead atoms. The summed E-state index contributed by atoms with van der Waals surface area (Å²) >= 11 is 5.93. The van der Waals surface area contributed by atoms with Gasteiger partial charge in [0.05, 0.1) is 17.0 Å². The van der Waals surface area contributed by atoms with Gasteiger partial charge in [0.25, 0.3) is 5.91 Å². The van der Waals surface area contributed by atoms with Crippen LogP contribution in [0.5, 0.6) is 0 Å². The Hall–Kier alpha value is -1.94. The number of hydrogen-bond acceptors (Lipinski definition) is 3. The van der Waals surface area contributed by atoms with Crippen LogP contribution >= 0.6 is 11.6 Å². The molecule has 1 heterocycles. The van der Waals surface area contributed by atoms with Crippen molar-refractivity contribution in [3.8, 4) is 0 Å². The molecule has 0 saturated carbocycles. The highest BCUT2D eigenvalue weighted by Gasteiger charge is 2.15. The average Bonchev–Trinajstić information content (AvgIpc) is 2.33. The van der Waals surface area contributed by atoms with Crippen LogP contribution in [0.2, 0.25) is 5.02 Å². The number of carbonyl (C=O) groups is 1. The molecule has 1 N–H and O–H groups in total. The van der Waals surface area contributed by atoms with Crippen LogP contribution in [-0.4, -0.2) is 15.9 Å². The van der Waals surface area contributed by atoms with Crippen molar-refractivity contribution in [3.63, 3.8) is 0 Å². The maximum absolute atomic E-state index is 12.3. The third-order valence-corrected chi connectivity index (χ3v) is 3.14. The number of aromatic nitrogens is 2. The van der Waals surface area contributed by atoms with Crippen LogP contribution in [0.25, 0.3) is 0 Å². The summed E-state index contributed by atoms with van der Waals surface area (Å²) in [5.74, 6) is -0.221. The fraction of sp³-hybridized carbons (Fsp3) is 0.214. The van der Waals surface area contributed by atoms with E-state index in [0.717, 1.165) is 5.56 Å². The SMILES string of the molecule is Cc1ccc(Cl)cc1NC(=O)c1c(C)ncnc1C. The summed E-state index contributed by atoms with van der Waals surface area (Å²) in [6.07, 6.45) is 1.45. The van der Waals surface area contributed by atoms with E-state index < -0.39 is 0 Å². The molecule has 1 amide bonds. The van der Waals surface area contributed by atoms with Crippen LogP contribution in [0.1, 0.15) is 27.3 Å². The predicted molar refractivity (Wildman–Crippen MR) is 75.6 cm³/mol. The molecule has 1 aromatic carbocycles. The van der Waals surface area contributed by atoms with Gasteiger partial charge < -0.3 is 5.32 Å². The summed E-state index contributed by atoms with van der Waals surface area (Å²) in [6, 6.07) is 5.37. The van der Waals surface area contributed by atoms with Crippen molar-refractivity contribution in [2.45, 2.75) is 20.8 Å². The second-order valence-corrected chi connectivity index (χ2v) is 4.77. The molecule has 4 nitrogen and oxygen atoms in total. The average molecular weight is 276 g/mol. The summed E-state index contributed by atoms with van der Waals surface area (Å²) < 4.78 is 0. The molecule has 0 fully saturated rings. The lowest BCUT2D eigenvalue weighted by molar-refractivity contribution is 0.102. The number of amides is 1. The Kier molecular flexibility index (Phi) is 3.81. The molecule has 0 aliphatic carbocycles. The summed E-state index contributed by atoms with van der Waals surface area (Å²) in [5.41, 5.74) is 3.46. The van der Waals surface area contributed by atoms with Gasteiger partial charge in [0.1, 0.15) is 6.33 Å². The number of aryl methyl sites for hydroxylation is 3. The molecule has 2 aromatic rings. The van der Waals surface area contributed by atoms with Crippen molar-refractivity contribution < 1.29 is 4.79 Å². The molecular formula is C14H14ClN3O. The molecule has 0 saturated heterocycles. The number of hydrogen-bond donors (Lipinski definition) is 1. The molecule has 19 heavy (non-hydrogen) atoms. The number of nitrogens with zero attached hydrogens (tertiary/aromatic N) is 2. The van der Waals surface area contributed by atoms with Crippen molar-refractivity contribution >= 4 is 23.2 Å². The Bertz CT molecular complexity index is 620. The quantitative estimate of drug-likeness (QED) is 0.915. The maximum Gasteiger partial charge on any atom is 0.259 e. The fourth-order valence-electron chi connectivity index (χ4n) is 1.84. The number of halogens is 1. The standard InChI is InChI=1S/C14H14ClN3O/c1-8-4-5-11(15)6-12(8)18-14(19)13-9(2)16-7-17-10(13)3/h4-7H,1-3H3,(H,18,19). The monoisotopic (exact) mass is 275 g/mol. The highest BCUT2D eigenvalue weighted by Crippen LogP contribution is 2.21. The minimum Gasteiger partial charge on any atom is -0.322 e. The van der Waals surface area contributed by atoms with Crippen molar-refractivity contribution in [2.24, 2.45) is 0 Å². The van der Waals surface area contributed by atoms with Crippen molar-refractivity contribution in [1.82, 2.24) is 9.97 Å². The molecule has 5 heteroatoms. The normalized spacial score (nSPS) is 10.3. The lowest BCUT2D eigenvalue weighted by Crippen LogP contribution is -2.17. The zero-order valence-electron chi connectivity index (χ0n) is 11.0. The minimum absolute atomic E-state index is 0.221. The molecule has 0 unspecified atom stereocenters. The van der Waals surface area contributed by atoms with E-state index in [2.05, 4.69) is 15.3 Å². The van der Waals surface area contributed by atoms with E-state index >= 15 is 0 Å². The van der Waals surface area contributed by atoms with Gasteiger partial charge in [0.15, 0.2) is 0 Å². The first-order valence-corrected chi connectivity index (χ1v) is 6.22. The van der Waals surface area contributed by atoms with Crippen LogP contribution in [0.3, 0.4) is 0 Å². The van der Waals surface area contributed by atoms with Gasteiger partial charge >= 0.3 is 0 Å². The number of anilines is 1. The van der Waals surface area contributed by atoms with Gasteiger partial charge in [-0.3, -0.25) is 4.79 Å². The second-order valence-electron chi connectivity index (χ2n) is 4.33. The van der Waals surface area contributed by atoms with Gasteiger partial charge in [-0.25, -0.2) is 9.97 Å². The Balaban J connectivity index is 2.34. The van der Waals surface area contributed by atoms with Gasteiger partial charge in [-0.15, -0.1) is 0 Å². The van der Waals surface area contributed by atoms with E-state index in [1.165, 1.54) is 6.33 Å². The molecule has 1 aromatic heterocycles. The number of nitrogens with one attached hydrogen (secondary N) is 1. The first-order valence-electron chi connectivity index (χ1n) is 5.84. The van der Waals surface area contributed by atoms with Crippen molar-refractivity contribution in [3.05, 3.63) is 52.1 Å². The summed E-state index contributed by atoms with van der Waals surface area (Å²) in [7, 11) is 0. The first kappa shape index (κ1) is 13.5. The lowest BCUT2D eigenvalue weighted by atomic mass is 10.1. The van der Waals surface area contributed by atoms with E-state index in [1.54, 1.807) is 26.0 Å². The largest absolute Gasteiger partial charge is 0.322 e. The Morgan fingerprint density at radius 3 is 2.42 bits per heavy atom. The topological polar surface area (TPSA) is 54.9 Å². The Labute approximate surface area is 116 Å². The van der Waals surface area contributed by atoms with Crippen molar-refractivity contribution in [2.75, 3.05) is 5.32 Å². The van der Waals surface area contributed by atoms with E-state index in [4.69, 9.17) is 11.6 Å². The maximum atomic E-state index is 12.3. The third-order valence-electron chi connectivity index (χ3n) is 2.90. The van der Waals surface area contributed by atoms with E-state index in [9.17, 15) is 4.79 Å². The van der Waals surface area contributed by atoms with Gasteiger partial charge in [0, 0.05) is 10.7 Å². The molecule has 2 rings (SSSR count). The summed E-state index contributed by atoms with van der Waals surface area (Å²) in [4.78, 5) is 20.4. The first-order chi connectivity index (χ1) is 8.99. The molecule has 0 aliphatic rings. The van der Waals surface area contributed by atoms with Crippen LogP contribution in [0.4, 0.5) is 5.69 Å². The van der Waals surface area contributed by atoms with Crippen LogP contribution in [0.15, 0.2) is 24.5 Å². The Morgan fingerprint density at radius 2 is 1.79 bits per heavy atom. The predicted octanol–water partition coefficient (Wildman–Crippen LogP) is 3.31. The Morgan fingerprint density at radius 1 is 1.16 bits per heavy atom. The minimum atomic E-state index is -0.221. The highest BCUT2D eigenvalue weighted by atomic mass is 35.5. The van der Waals surface area contributed by atoms with Crippen LogP contribution in [0, 0.1) is 20.8 Å². The van der Waals surface area contributed by atoms with E-state index in [0.29, 0.717) is 27.7 Å². The number of carbonyl (C=O) groups excluding carboxylic acids is 1. The molecule has 0 radical (unpaired) electrons. The van der Waals surface area contributed by atoms with Gasteiger partial charge in [0.2, 0.25) is 0 Å². The molecular weight excluding hydrogens is 262 g/mol. The summed E-state index contributed by atoms with van der Waals surface area (Å²) in [6.45, 7) is 5.48. The highest BCUT2D eigenvalue weighted by molar-refractivity contribution is 6.31. The van der Waals surface area contributed by atoms with Crippen LogP contribution in [-0.2, 0) is 0 Å². The lowest BCUT2D eigenvalue weighted by Gasteiger charge is -2.11. The zero-order valence-corrected chi connectivity index (χ0v) is 11.7.